The van der Waals surface area contributed by atoms with Gasteiger partial charge in [-0.15, -0.1) is 0 Å². The number of likely N-dealkylation sites (N-methyl/N-ethyl adjacent to an activating group) is 1. The number of anilines is 1. The molecule has 0 amide bonds. The van der Waals surface area contributed by atoms with Crippen molar-refractivity contribution in [2.24, 2.45) is 0 Å². The second kappa shape index (κ2) is 3.64. The molecule has 0 unspecified atom stereocenters. The van der Waals surface area contributed by atoms with Crippen LogP contribution in [0.1, 0.15) is 24.0 Å². The number of rotatable bonds is 3. The van der Waals surface area contributed by atoms with E-state index in [1.54, 1.807) is 7.11 Å². The zero-order valence-electron chi connectivity index (χ0n) is 10.5. The van der Waals surface area contributed by atoms with Gasteiger partial charge in [-0.1, -0.05) is 6.07 Å². The molecule has 1 fully saturated rings. The smallest absolute Gasteiger partial charge is 0.127 e. The van der Waals surface area contributed by atoms with Crippen molar-refractivity contribution in [3.63, 3.8) is 0 Å². The fourth-order valence-corrected chi connectivity index (χ4v) is 2.73. The lowest BCUT2D eigenvalue weighted by atomic mass is 10.0. The number of benzene rings is 1. The topological polar surface area (TPSA) is 32.7 Å². The predicted molar refractivity (Wildman–Crippen MR) is 67.9 cm³/mol. The molecule has 1 N–H and O–H groups in total. The predicted octanol–water partition coefficient (Wildman–Crippen LogP) is 1.75. The Hall–Kier alpha value is -1.22. The number of hydrogen-bond donors (Lipinski definition) is 1. The van der Waals surface area contributed by atoms with E-state index in [1.807, 2.05) is 0 Å². The third-order valence-corrected chi connectivity index (χ3v) is 3.98. The largest absolute Gasteiger partial charge is 0.496 e. The summed E-state index contributed by atoms with van der Waals surface area (Å²) in [5.74, 6) is 0.993. The second-order valence-corrected chi connectivity index (χ2v) is 5.33. The Bertz CT molecular complexity index is 452. The van der Waals surface area contributed by atoms with Crippen molar-refractivity contribution in [2.45, 2.75) is 31.3 Å². The van der Waals surface area contributed by atoms with Gasteiger partial charge in [0.1, 0.15) is 5.75 Å². The zero-order chi connectivity index (χ0) is 12.0. The Morgan fingerprint density at radius 2 is 2.18 bits per heavy atom. The molecular weight excluding hydrogens is 214 g/mol. The van der Waals surface area contributed by atoms with Gasteiger partial charge in [-0.2, -0.15) is 0 Å². The molecule has 0 bridgehead atoms. The minimum Gasteiger partial charge on any atom is -0.496 e. The maximum absolute atomic E-state index is 10.0. The zero-order valence-corrected chi connectivity index (χ0v) is 10.5. The van der Waals surface area contributed by atoms with Gasteiger partial charge in [0.2, 0.25) is 0 Å². The van der Waals surface area contributed by atoms with E-state index in [0.29, 0.717) is 0 Å². The Morgan fingerprint density at radius 1 is 1.41 bits per heavy atom. The molecule has 1 aromatic carbocycles. The van der Waals surface area contributed by atoms with Gasteiger partial charge >= 0.3 is 0 Å². The molecule has 0 radical (unpaired) electrons. The van der Waals surface area contributed by atoms with Gasteiger partial charge in [0, 0.05) is 31.3 Å². The van der Waals surface area contributed by atoms with E-state index >= 15 is 0 Å². The average Bonchev–Trinajstić information content (AvgIpc) is 2.91. The van der Waals surface area contributed by atoms with E-state index in [0.717, 1.165) is 43.5 Å². The number of fused-ring (bicyclic) bond motifs is 1. The summed E-state index contributed by atoms with van der Waals surface area (Å²) in [5.41, 5.74) is 3.28. The summed E-state index contributed by atoms with van der Waals surface area (Å²) in [4.78, 5) is 2.26. The summed E-state index contributed by atoms with van der Waals surface area (Å²) in [6.45, 7) is 1.05. The summed E-state index contributed by atoms with van der Waals surface area (Å²) < 4.78 is 5.57. The standard InChI is InChI=1S/C14H19NO2/c1-15-8-5-11-12(15)4-3-10(13(11)17-2)9-14(16)6-7-14/h3-4,16H,5-9H2,1-2H3. The number of nitrogens with zero attached hydrogens (tertiary/aromatic N) is 1. The highest BCUT2D eigenvalue weighted by Gasteiger charge is 2.41. The molecule has 1 aromatic rings. The molecule has 17 heavy (non-hydrogen) atoms. The van der Waals surface area contributed by atoms with Crippen LogP contribution in [0.3, 0.4) is 0 Å². The summed E-state index contributed by atoms with van der Waals surface area (Å²) in [6.07, 6.45) is 3.62. The monoisotopic (exact) mass is 233 g/mol. The molecule has 0 saturated heterocycles. The van der Waals surface area contributed by atoms with E-state index in [1.165, 1.54) is 11.3 Å². The minimum atomic E-state index is -0.452. The lowest BCUT2D eigenvalue weighted by molar-refractivity contribution is 0.150. The van der Waals surface area contributed by atoms with E-state index < -0.39 is 5.60 Å². The van der Waals surface area contributed by atoms with Gasteiger partial charge < -0.3 is 14.7 Å². The van der Waals surface area contributed by atoms with E-state index in [2.05, 4.69) is 24.1 Å². The normalized spacial score (nSPS) is 20.3. The molecule has 1 aliphatic carbocycles. The average molecular weight is 233 g/mol. The number of ether oxygens (including phenoxy) is 1. The fourth-order valence-electron chi connectivity index (χ4n) is 2.73. The van der Waals surface area contributed by atoms with Crippen LogP contribution in [0.25, 0.3) is 0 Å². The summed E-state index contributed by atoms with van der Waals surface area (Å²) >= 11 is 0. The quantitative estimate of drug-likeness (QED) is 0.863. The maximum atomic E-state index is 10.0. The highest BCUT2D eigenvalue weighted by molar-refractivity contribution is 5.65. The van der Waals surface area contributed by atoms with Crippen molar-refractivity contribution in [1.29, 1.82) is 0 Å². The molecule has 0 aromatic heterocycles. The highest BCUT2D eigenvalue weighted by atomic mass is 16.5. The van der Waals surface area contributed by atoms with Crippen LogP contribution in [0.2, 0.25) is 0 Å². The summed E-state index contributed by atoms with van der Waals surface area (Å²) in [6, 6.07) is 4.27. The van der Waals surface area contributed by atoms with Gasteiger partial charge in [0.25, 0.3) is 0 Å². The van der Waals surface area contributed by atoms with Gasteiger partial charge in [-0.3, -0.25) is 0 Å². The van der Waals surface area contributed by atoms with Crippen molar-refractivity contribution in [3.05, 3.63) is 23.3 Å². The van der Waals surface area contributed by atoms with Crippen LogP contribution in [0.5, 0.6) is 5.75 Å². The van der Waals surface area contributed by atoms with Gasteiger partial charge in [-0.05, 0) is 30.9 Å². The fraction of sp³-hybridized carbons (Fsp3) is 0.571. The van der Waals surface area contributed by atoms with Crippen LogP contribution in [0.4, 0.5) is 5.69 Å². The van der Waals surface area contributed by atoms with Gasteiger partial charge in [-0.25, -0.2) is 0 Å². The van der Waals surface area contributed by atoms with E-state index in [4.69, 9.17) is 4.74 Å². The van der Waals surface area contributed by atoms with Crippen LogP contribution in [0.15, 0.2) is 12.1 Å². The minimum absolute atomic E-state index is 0.452. The SMILES string of the molecule is COc1c(CC2(O)CC2)ccc2c1CCN2C. The Kier molecular flexibility index (Phi) is 2.33. The molecule has 1 heterocycles. The first-order valence-electron chi connectivity index (χ1n) is 6.25. The first kappa shape index (κ1) is 10.9. The second-order valence-electron chi connectivity index (χ2n) is 5.33. The van der Waals surface area contributed by atoms with Crippen LogP contribution >= 0.6 is 0 Å². The van der Waals surface area contributed by atoms with Crippen LogP contribution < -0.4 is 9.64 Å². The van der Waals surface area contributed by atoms with Crippen LogP contribution in [0, 0.1) is 0 Å². The first-order valence-corrected chi connectivity index (χ1v) is 6.25. The molecule has 2 aliphatic rings. The van der Waals surface area contributed by atoms with Crippen LogP contribution in [-0.2, 0) is 12.8 Å². The van der Waals surface area contributed by atoms with Crippen LogP contribution in [-0.4, -0.2) is 31.4 Å². The third kappa shape index (κ3) is 1.78. The Labute approximate surface area is 102 Å². The van der Waals surface area contributed by atoms with E-state index in [-0.39, 0.29) is 0 Å². The molecule has 0 spiro atoms. The van der Waals surface area contributed by atoms with Crippen molar-refractivity contribution in [1.82, 2.24) is 0 Å². The first-order chi connectivity index (χ1) is 8.13. The van der Waals surface area contributed by atoms with Gasteiger partial charge in [0.15, 0.2) is 0 Å². The number of hydrogen-bond acceptors (Lipinski definition) is 3. The Morgan fingerprint density at radius 3 is 2.82 bits per heavy atom. The molecule has 3 heteroatoms. The lowest BCUT2D eigenvalue weighted by Gasteiger charge is -2.17. The third-order valence-electron chi connectivity index (χ3n) is 3.98. The molecule has 0 atom stereocenters. The highest BCUT2D eigenvalue weighted by Crippen LogP contribution is 2.43. The Balaban J connectivity index is 1.99. The molecule has 3 rings (SSSR count). The molecular formula is C14H19NO2. The summed E-state index contributed by atoms with van der Waals surface area (Å²) in [5, 5.41) is 10.0. The lowest BCUT2D eigenvalue weighted by Crippen LogP contribution is -2.13. The molecule has 3 nitrogen and oxygen atoms in total. The maximum Gasteiger partial charge on any atom is 0.127 e. The van der Waals surface area contributed by atoms with Crippen molar-refractivity contribution in [3.8, 4) is 5.75 Å². The van der Waals surface area contributed by atoms with E-state index in [9.17, 15) is 5.11 Å². The number of methoxy groups -OCH3 is 1. The van der Waals surface area contributed by atoms with Crippen molar-refractivity contribution in [2.75, 3.05) is 25.6 Å². The van der Waals surface area contributed by atoms with Crippen molar-refractivity contribution >= 4 is 5.69 Å². The molecule has 92 valence electrons. The van der Waals surface area contributed by atoms with Crippen molar-refractivity contribution < 1.29 is 9.84 Å². The van der Waals surface area contributed by atoms with Gasteiger partial charge in [0.05, 0.1) is 12.7 Å². The molecule has 1 aliphatic heterocycles. The number of aliphatic hydroxyl groups is 1. The summed E-state index contributed by atoms with van der Waals surface area (Å²) in [7, 11) is 3.84. The molecule has 1 saturated carbocycles.